The normalized spacial score (nSPS) is 16.5. The summed E-state index contributed by atoms with van der Waals surface area (Å²) in [5.74, 6) is -1.08. The van der Waals surface area contributed by atoms with Crippen LogP contribution in [0, 0.1) is 11.6 Å². The van der Waals surface area contributed by atoms with Gasteiger partial charge in [0.2, 0.25) is 5.91 Å². The smallest absolute Gasteiger partial charge is 0.225 e. The fourth-order valence-electron chi connectivity index (χ4n) is 2.90. The molecule has 0 saturated carbocycles. The molecule has 1 atom stereocenters. The van der Waals surface area contributed by atoms with Crippen molar-refractivity contribution >= 4 is 11.6 Å². The first kappa shape index (κ1) is 15.3. The summed E-state index contributed by atoms with van der Waals surface area (Å²) in [6.45, 7) is 0. The number of fused-ring (bicyclic) bond motifs is 1. The van der Waals surface area contributed by atoms with Crippen LogP contribution in [0.5, 0.6) is 11.5 Å². The molecular weight excluding hydrogens is 304 g/mol. The van der Waals surface area contributed by atoms with Gasteiger partial charge in [0.05, 0.1) is 19.9 Å². The molecule has 120 valence electrons. The average molecular weight is 319 g/mol. The van der Waals surface area contributed by atoms with Crippen molar-refractivity contribution < 1.29 is 23.0 Å². The molecule has 1 heterocycles. The molecule has 0 bridgehead atoms. The number of halogens is 2. The van der Waals surface area contributed by atoms with Gasteiger partial charge in [0, 0.05) is 36.1 Å². The maximum absolute atomic E-state index is 13.6. The largest absolute Gasteiger partial charge is 0.497 e. The second-order valence-electron chi connectivity index (χ2n) is 5.30. The highest BCUT2D eigenvalue weighted by atomic mass is 19.1. The van der Waals surface area contributed by atoms with E-state index in [-0.39, 0.29) is 12.3 Å². The summed E-state index contributed by atoms with van der Waals surface area (Å²) in [6.07, 6.45) is 0.0819. The molecule has 1 N–H and O–H groups in total. The predicted octanol–water partition coefficient (Wildman–Crippen LogP) is 3.46. The fourth-order valence-corrected chi connectivity index (χ4v) is 2.90. The van der Waals surface area contributed by atoms with Crippen LogP contribution in [0.15, 0.2) is 30.3 Å². The van der Waals surface area contributed by atoms with Crippen molar-refractivity contribution in [3.8, 4) is 11.5 Å². The summed E-state index contributed by atoms with van der Waals surface area (Å²) in [5.41, 5.74) is 1.59. The SMILES string of the molecule is COc1cc2c(c(OC)c1)[C@@H](c1cc(F)cc(F)c1)CC(=O)N2. The Bertz CT molecular complexity index is 756. The van der Waals surface area contributed by atoms with Crippen molar-refractivity contribution in [2.45, 2.75) is 12.3 Å². The van der Waals surface area contributed by atoms with Crippen molar-refractivity contribution in [1.29, 1.82) is 0 Å². The lowest BCUT2D eigenvalue weighted by atomic mass is 9.84. The first-order valence-electron chi connectivity index (χ1n) is 7.03. The minimum absolute atomic E-state index is 0.0819. The Kier molecular flexibility index (Phi) is 3.90. The number of methoxy groups -OCH3 is 2. The number of nitrogens with one attached hydrogen (secondary N) is 1. The number of rotatable bonds is 3. The number of carbonyl (C=O) groups is 1. The molecule has 1 aliphatic heterocycles. The molecule has 4 nitrogen and oxygen atoms in total. The van der Waals surface area contributed by atoms with Crippen LogP contribution in [0.1, 0.15) is 23.5 Å². The van der Waals surface area contributed by atoms with Crippen LogP contribution in [-0.2, 0) is 4.79 Å². The monoisotopic (exact) mass is 319 g/mol. The molecular formula is C17H15F2NO3. The first-order valence-corrected chi connectivity index (χ1v) is 7.03. The maximum atomic E-state index is 13.6. The lowest BCUT2D eigenvalue weighted by Gasteiger charge is -2.28. The highest BCUT2D eigenvalue weighted by molar-refractivity contribution is 5.96. The summed E-state index contributed by atoms with van der Waals surface area (Å²) in [5, 5.41) is 2.75. The van der Waals surface area contributed by atoms with Crippen molar-refractivity contribution in [2.75, 3.05) is 19.5 Å². The molecule has 0 aliphatic carbocycles. The van der Waals surface area contributed by atoms with Gasteiger partial charge in [-0.15, -0.1) is 0 Å². The summed E-state index contributed by atoms with van der Waals surface area (Å²) < 4.78 is 37.7. The Morgan fingerprint density at radius 2 is 1.74 bits per heavy atom. The van der Waals surface area contributed by atoms with E-state index in [1.165, 1.54) is 26.4 Å². The minimum Gasteiger partial charge on any atom is -0.497 e. The lowest BCUT2D eigenvalue weighted by molar-refractivity contribution is -0.116. The van der Waals surface area contributed by atoms with E-state index in [0.29, 0.717) is 28.3 Å². The van der Waals surface area contributed by atoms with E-state index < -0.39 is 17.6 Å². The molecule has 0 unspecified atom stereocenters. The van der Waals surface area contributed by atoms with Gasteiger partial charge in [-0.25, -0.2) is 8.78 Å². The van der Waals surface area contributed by atoms with E-state index in [4.69, 9.17) is 9.47 Å². The van der Waals surface area contributed by atoms with Crippen molar-refractivity contribution in [3.05, 3.63) is 53.1 Å². The van der Waals surface area contributed by atoms with E-state index >= 15 is 0 Å². The highest BCUT2D eigenvalue weighted by Crippen LogP contribution is 2.45. The van der Waals surface area contributed by atoms with Gasteiger partial charge in [-0.3, -0.25) is 4.79 Å². The van der Waals surface area contributed by atoms with E-state index in [1.807, 2.05) is 0 Å². The number of anilines is 1. The zero-order valence-electron chi connectivity index (χ0n) is 12.7. The van der Waals surface area contributed by atoms with E-state index in [9.17, 15) is 13.6 Å². The third-order valence-corrected chi connectivity index (χ3v) is 3.87. The van der Waals surface area contributed by atoms with Gasteiger partial charge in [0.25, 0.3) is 0 Å². The molecule has 6 heteroatoms. The summed E-state index contributed by atoms with van der Waals surface area (Å²) in [6, 6.07) is 6.62. The number of ether oxygens (including phenoxy) is 2. The van der Waals surface area contributed by atoms with Crippen LogP contribution in [-0.4, -0.2) is 20.1 Å². The van der Waals surface area contributed by atoms with Crippen molar-refractivity contribution in [3.63, 3.8) is 0 Å². The van der Waals surface area contributed by atoms with Gasteiger partial charge < -0.3 is 14.8 Å². The zero-order valence-corrected chi connectivity index (χ0v) is 12.7. The van der Waals surface area contributed by atoms with Crippen LogP contribution in [0.3, 0.4) is 0 Å². The Morgan fingerprint density at radius 3 is 2.35 bits per heavy atom. The summed E-state index contributed by atoms with van der Waals surface area (Å²) in [4.78, 5) is 12.0. The first-order chi connectivity index (χ1) is 11.0. The van der Waals surface area contributed by atoms with Gasteiger partial charge in [-0.05, 0) is 17.7 Å². The topological polar surface area (TPSA) is 47.6 Å². The molecule has 0 aromatic heterocycles. The number of amides is 1. The standard InChI is InChI=1S/C17H15F2NO3/c1-22-12-6-14-17(15(7-12)23-2)13(8-16(21)20-14)9-3-10(18)5-11(19)4-9/h3-7,13H,8H2,1-2H3,(H,20,21)/t13-/m1/s1. The van der Waals surface area contributed by atoms with E-state index in [0.717, 1.165) is 6.07 Å². The summed E-state index contributed by atoms with van der Waals surface area (Å²) >= 11 is 0. The van der Waals surface area contributed by atoms with Gasteiger partial charge in [-0.2, -0.15) is 0 Å². The van der Waals surface area contributed by atoms with Crippen LogP contribution >= 0.6 is 0 Å². The average Bonchev–Trinajstić information content (AvgIpc) is 2.51. The zero-order chi connectivity index (χ0) is 16.6. The molecule has 2 aromatic rings. The number of benzene rings is 2. The fraction of sp³-hybridized carbons (Fsp3) is 0.235. The molecule has 23 heavy (non-hydrogen) atoms. The quantitative estimate of drug-likeness (QED) is 0.942. The van der Waals surface area contributed by atoms with Gasteiger partial charge >= 0.3 is 0 Å². The van der Waals surface area contributed by atoms with Gasteiger partial charge in [0.15, 0.2) is 0 Å². The minimum atomic E-state index is -0.681. The second-order valence-corrected chi connectivity index (χ2v) is 5.30. The molecule has 1 amide bonds. The number of hydrogen-bond donors (Lipinski definition) is 1. The predicted molar refractivity (Wildman–Crippen MR) is 81.0 cm³/mol. The number of hydrogen-bond acceptors (Lipinski definition) is 3. The van der Waals surface area contributed by atoms with Crippen LogP contribution in [0.25, 0.3) is 0 Å². The Balaban J connectivity index is 2.19. The van der Waals surface area contributed by atoms with E-state index in [2.05, 4.69) is 5.32 Å². The molecule has 3 rings (SSSR count). The molecule has 0 fully saturated rings. The van der Waals surface area contributed by atoms with Crippen molar-refractivity contribution in [2.24, 2.45) is 0 Å². The Morgan fingerprint density at radius 1 is 1.04 bits per heavy atom. The van der Waals surface area contributed by atoms with Gasteiger partial charge in [-0.1, -0.05) is 0 Å². The molecule has 2 aromatic carbocycles. The van der Waals surface area contributed by atoms with Crippen LogP contribution < -0.4 is 14.8 Å². The van der Waals surface area contributed by atoms with E-state index in [1.54, 1.807) is 12.1 Å². The maximum Gasteiger partial charge on any atom is 0.225 e. The molecule has 1 aliphatic rings. The third kappa shape index (κ3) is 2.84. The molecule has 0 radical (unpaired) electrons. The molecule has 0 saturated heterocycles. The van der Waals surface area contributed by atoms with Crippen LogP contribution in [0.4, 0.5) is 14.5 Å². The third-order valence-electron chi connectivity index (χ3n) is 3.87. The number of carbonyl (C=O) groups excluding carboxylic acids is 1. The highest BCUT2D eigenvalue weighted by Gasteiger charge is 2.31. The van der Waals surface area contributed by atoms with Crippen molar-refractivity contribution in [1.82, 2.24) is 0 Å². The summed E-state index contributed by atoms with van der Waals surface area (Å²) in [7, 11) is 3.00. The Labute approximate surface area is 132 Å². The second kappa shape index (κ2) is 5.87. The lowest BCUT2D eigenvalue weighted by Crippen LogP contribution is -2.24. The van der Waals surface area contributed by atoms with Gasteiger partial charge in [0.1, 0.15) is 23.1 Å². The van der Waals surface area contributed by atoms with Crippen LogP contribution in [0.2, 0.25) is 0 Å². The Hall–Kier alpha value is -2.63. The molecule has 0 spiro atoms.